The normalized spacial score (nSPS) is 10.6. The van der Waals surface area contributed by atoms with E-state index in [2.05, 4.69) is 10.6 Å². The molecule has 10 nitrogen and oxygen atoms in total. The minimum atomic E-state index is -0.781. The number of nitroso groups, excluding NO2 is 2. The Labute approximate surface area is 191 Å². The van der Waals surface area contributed by atoms with E-state index in [9.17, 15) is 19.4 Å². The van der Waals surface area contributed by atoms with Crippen molar-refractivity contribution in [2.75, 3.05) is 26.2 Å². The molecule has 10 heteroatoms. The topological polar surface area (TPSA) is 140 Å². The molecule has 0 aromatic rings. The SMILES string of the molecule is O=NN(CCCCCCCCCCN(CCCCCC(=O)O)N=O)CCCCCC(=O)O. The van der Waals surface area contributed by atoms with Gasteiger partial charge >= 0.3 is 11.9 Å². The summed E-state index contributed by atoms with van der Waals surface area (Å²) in [6, 6.07) is 0. The van der Waals surface area contributed by atoms with Crippen LogP contribution in [0.2, 0.25) is 0 Å². The van der Waals surface area contributed by atoms with Crippen LogP contribution in [0.25, 0.3) is 0 Å². The largest absolute Gasteiger partial charge is 0.481 e. The fraction of sp³-hybridized carbons (Fsp3) is 0.909. The van der Waals surface area contributed by atoms with Crippen LogP contribution in [0.3, 0.4) is 0 Å². The summed E-state index contributed by atoms with van der Waals surface area (Å²) in [5.41, 5.74) is 0. The number of hydrogen-bond acceptors (Lipinski definition) is 6. The lowest BCUT2D eigenvalue weighted by molar-refractivity contribution is -0.138. The van der Waals surface area contributed by atoms with Crippen LogP contribution < -0.4 is 0 Å². The summed E-state index contributed by atoms with van der Waals surface area (Å²) in [5, 5.41) is 26.4. The highest BCUT2D eigenvalue weighted by Gasteiger charge is 2.05. The van der Waals surface area contributed by atoms with Gasteiger partial charge in [-0.25, -0.2) is 0 Å². The Balaban J connectivity index is 3.49. The summed E-state index contributed by atoms with van der Waals surface area (Å²) in [7, 11) is 0. The summed E-state index contributed by atoms with van der Waals surface area (Å²) in [5.74, 6) is -1.56. The molecule has 0 heterocycles. The van der Waals surface area contributed by atoms with Crippen LogP contribution >= 0.6 is 0 Å². The first-order valence-electron chi connectivity index (χ1n) is 12.1. The van der Waals surface area contributed by atoms with Gasteiger partial charge in [0.2, 0.25) is 0 Å². The highest BCUT2D eigenvalue weighted by Crippen LogP contribution is 2.11. The van der Waals surface area contributed by atoms with Crippen LogP contribution in [0.15, 0.2) is 10.6 Å². The quantitative estimate of drug-likeness (QED) is 0.106. The number of carboxylic acid groups (broad SMARTS) is 2. The maximum atomic E-state index is 10.9. The van der Waals surface area contributed by atoms with Crippen molar-refractivity contribution in [1.29, 1.82) is 0 Å². The van der Waals surface area contributed by atoms with Crippen LogP contribution in [0.4, 0.5) is 0 Å². The Kier molecular flexibility index (Phi) is 20.4. The van der Waals surface area contributed by atoms with Crippen molar-refractivity contribution in [3.05, 3.63) is 9.81 Å². The molecule has 0 aromatic carbocycles. The van der Waals surface area contributed by atoms with Gasteiger partial charge in [-0.2, -0.15) is 0 Å². The van der Waals surface area contributed by atoms with Crippen molar-refractivity contribution in [1.82, 2.24) is 10.0 Å². The van der Waals surface area contributed by atoms with E-state index in [1.807, 2.05) is 0 Å². The summed E-state index contributed by atoms with van der Waals surface area (Å²) in [6.07, 6.45) is 13.4. The first kappa shape index (κ1) is 29.7. The molecule has 0 aliphatic heterocycles. The first-order chi connectivity index (χ1) is 15.5. The first-order valence-corrected chi connectivity index (χ1v) is 12.1. The van der Waals surface area contributed by atoms with E-state index < -0.39 is 11.9 Å². The molecule has 0 atom stereocenters. The van der Waals surface area contributed by atoms with Crippen LogP contribution in [0.5, 0.6) is 0 Å². The number of nitrogens with zero attached hydrogens (tertiary/aromatic N) is 4. The lowest BCUT2D eigenvalue weighted by Crippen LogP contribution is -2.19. The molecule has 0 saturated heterocycles. The molecule has 0 saturated carbocycles. The minimum absolute atomic E-state index is 0.178. The molecule has 0 fully saturated rings. The van der Waals surface area contributed by atoms with Gasteiger partial charge in [-0.1, -0.05) is 51.4 Å². The van der Waals surface area contributed by atoms with Crippen LogP contribution in [-0.2, 0) is 9.59 Å². The van der Waals surface area contributed by atoms with Gasteiger partial charge in [-0.05, 0) is 38.5 Å². The third-order valence-electron chi connectivity index (χ3n) is 5.43. The summed E-state index contributed by atoms with van der Waals surface area (Å²) < 4.78 is 0. The standard InChI is InChI=1S/C22H42N4O6/c27-21(28)15-9-7-13-19-25(23-31)17-11-5-3-1-2-4-6-12-18-26(24-32)20-14-8-10-16-22(29)30/h1-20H2,(H,27,28)(H,29,30). The van der Waals surface area contributed by atoms with E-state index in [1.54, 1.807) is 10.0 Å². The molecule has 0 aromatic heterocycles. The summed E-state index contributed by atoms with van der Waals surface area (Å²) in [6.45, 7) is 2.51. The Hall–Kier alpha value is -2.26. The number of hydrogen-bond donors (Lipinski definition) is 2. The van der Waals surface area contributed by atoms with Gasteiger partial charge in [0.25, 0.3) is 0 Å². The summed E-state index contributed by atoms with van der Waals surface area (Å²) >= 11 is 0. The molecule has 2 N–H and O–H groups in total. The third-order valence-corrected chi connectivity index (χ3v) is 5.43. The third kappa shape index (κ3) is 21.0. The Morgan fingerprint density at radius 1 is 0.469 bits per heavy atom. The van der Waals surface area contributed by atoms with Gasteiger partial charge in [0.1, 0.15) is 0 Å². The number of carboxylic acids is 2. The maximum absolute atomic E-state index is 10.9. The Bertz CT molecular complexity index is 463. The van der Waals surface area contributed by atoms with Crippen molar-refractivity contribution in [2.24, 2.45) is 10.6 Å². The fourth-order valence-corrected chi connectivity index (χ4v) is 3.53. The van der Waals surface area contributed by atoms with Crippen LogP contribution in [0, 0.1) is 9.81 Å². The molecule has 0 spiro atoms. The monoisotopic (exact) mass is 458 g/mol. The van der Waals surface area contributed by atoms with Crippen molar-refractivity contribution in [2.45, 2.75) is 103 Å². The highest BCUT2D eigenvalue weighted by atomic mass is 16.4. The molecule has 0 radical (unpaired) electrons. The average molecular weight is 459 g/mol. The molecular weight excluding hydrogens is 416 g/mol. The second-order valence-corrected chi connectivity index (χ2v) is 8.31. The highest BCUT2D eigenvalue weighted by molar-refractivity contribution is 5.66. The van der Waals surface area contributed by atoms with E-state index in [1.165, 1.54) is 0 Å². The predicted molar refractivity (Wildman–Crippen MR) is 124 cm³/mol. The molecule has 0 aliphatic carbocycles. The van der Waals surface area contributed by atoms with E-state index in [4.69, 9.17) is 10.2 Å². The van der Waals surface area contributed by atoms with Gasteiger partial charge in [-0.3, -0.25) is 19.6 Å². The second-order valence-electron chi connectivity index (χ2n) is 8.31. The van der Waals surface area contributed by atoms with Gasteiger partial charge in [0.05, 0.1) is 10.6 Å². The lowest BCUT2D eigenvalue weighted by Gasteiger charge is -2.15. The number of rotatable bonds is 25. The summed E-state index contributed by atoms with van der Waals surface area (Å²) in [4.78, 5) is 42.6. The van der Waals surface area contributed by atoms with Gasteiger partial charge in [0.15, 0.2) is 0 Å². The zero-order chi connectivity index (χ0) is 23.9. The molecule has 32 heavy (non-hydrogen) atoms. The average Bonchev–Trinajstić information content (AvgIpc) is 2.76. The number of unbranched alkanes of at least 4 members (excludes halogenated alkanes) is 11. The molecule has 0 rings (SSSR count). The number of carbonyl (C=O) groups is 2. The van der Waals surface area contributed by atoms with Crippen LogP contribution in [-0.4, -0.2) is 58.3 Å². The van der Waals surface area contributed by atoms with Crippen molar-refractivity contribution in [3.8, 4) is 0 Å². The molecule has 0 aliphatic rings. The molecule has 0 amide bonds. The number of aliphatic carboxylic acids is 2. The van der Waals surface area contributed by atoms with Gasteiger partial charge in [-0.15, -0.1) is 9.81 Å². The Morgan fingerprint density at radius 2 is 0.719 bits per heavy atom. The van der Waals surface area contributed by atoms with E-state index in [0.29, 0.717) is 39.0 Å². The van der Waals surface area contributed by atoms with Gasteiger partial charge in [0, 0.05) is 39.0 Å². The minimum Gasteiger partial charge on any atom is -0.481 e. The van der Waals surface area contributed by atoms with Crippen molar-refractivity contribution in [3.63, 3.8) is 0 Å². The Morgan fingerprint density at radius 3 is 0.969 bits per heavy atom. The van der Waals surface area contributed by atoms with E-state index >= 15 is 0 Å². The zero-order valence-electron chi connectivity index (χ0n) is 19.5. The maximum Gasteiger partial charge on any atom is 0.303 e. The predicted octanol–water partition coefficient (Wildman–Crippen LogP) is 5.36. The fourth-order valence-electron chi connectivity index (χ4n) is 3.53. The molecule has 186 valence electrons. The van der Waals surface area contributed by atoms with Crippen LogP contribution in [0.1, 0.15) is 103 Å². The van der Waals surface area contributed by atoms with Crippen molar-refractivity contribution >= 4 is 11.9 Å². The molecule has 0 unspecified atom stereocenters. The van der Waals surface area contributed by atoms with Crippen molar-refractivity contribution < 1.29 is 19.8 Å². The van der Waals surface area contributed by atoms with E-state index in [-0.39, 0.29) is 12.8 Å². The second kappa shape index (κ2) is 22.0. The smallest absolute Gasteiger partial charge is 0.303 e. The van der Waals surface area contributed by atoms with Gasteiger partial charge < -0.3 is 10.2 Å². The lowest BCUT2D eigenvalue weighted by atomic mass is 10.1. The molecule has 0 bridgehead atoms. The molecular formula is C22H42N4O6. The van der Waals surface area contributed by atoms with E-state index in [0.717, 1.165) is 77.0 Å². The zero-order valence-corrected chi connectivity index (χ0v) is 19.5.